The van der Waals surface area contributed by atoms with E-state index in [9.17, 15) is 13.2 Å². The first-order valence-electron chi connectivity index (χ1n) is 3.00. The van der Waals surface area contributed by atoms with Crippen LogP contribution in [0, 0.1) is 6.92 Å². The van der Waals surface area contributed by atoms with E-state index in [2.05, 4.69) is 4.98 Å². The maximum Gasteiger partial charge on any atom is 0.418 e. The second kappa shape index (κ2) is 3.56. The van der Waals surface area contributed by atoms with E-state index in [-0.39, 0.29) is 13.1 Å². The minimum Gasteiger partial charge on any atom is -0.261 e. The maximum atomic E-state index is 12.0. The van der Waals surface area contributed by atoms with Crippen LogP contribution >= 0.6 is 0 Å². The molecular weight excluding hydrogens is 167 g/mol. The maximum absolute atomic E-state index is 12.0. The van der Waals surface area contributed by atoms with Crippen molar-refractivity contribution >= 4 is 0 Å². The summed E-state index contributed by atoms with van der Waals surface area (Å²) < 4.78 is 36.0. The largest absolute Gasteiger partial charge is 0.418 e. The molecule has 1 aromatic heterocycles. The van der Waals surface area contributed by atoms with Gasteiger partial charge in [0.25, 0.3) is 0 Å². The van der Waals surface area contributed by atoms with E-state index >= 15 is 0 Å². The Bertz CT molecular complexity index is 255. The van der Waals surface area contributed by atoms with E-state index in [1.807, 2.05) is 0 Å². The van der Waals surface area contributed by atoms with Crippen LogP contribution in [0.5, 0.6) is 0 Å². The number of halogens is 3. The molecule has 0 N–H and O–H groups in total. The van der Waals surface area contributed by atoms with Crippen LogP contribution in [0.2, 0.25) is 0 Å². The highest BCUT2D eigenvalue weighted by Gasteiger charge is 2.32. The van der Waals surface area contributed by atoms with Crippen molar-refractivity contribution in [1.29, 1.82) is 0 Å². The third-order valence-corrected chi connectivity index (χ3v) is 1.31. The molecule has 68 valence electrons. The molecule has 0 saturated carbocycles. The number of hydrogen-bond acceptors (Lipinski definition) is 1. The molecule has 0 fully saturated rings. The lowest BCUT2D eigenvalue weighted by atomic mass is 10.2. The van der Waals surface area contributed by atoms with Crippen molar-refractivity contribution in [1.82, 2.24) is 4.98 Å². The Labute approximate surface area is 69.2 Å². The quantitative estimate of drug-likeness (QED) is 0.593. The molecule has 12 heavy (non-hydrogen) atoms. The number of nitrogens with zero attached hydrogens (tertiary/aromatic N) is 1. The zero-order chi connectivity index (χ0) is 8.48. The lowest BCUT2D eigenvalue weighted by Crippen LogP contribution is -2.07. The molecule has 0 saturated heterocycles. The van der Waals surface area contributed by atoms with Gasteiger partial charge in [0, 0.05) is 11.9 Å². The summed E-state index contributed by atoms with van der Waals surface area (Å²) in [5.41, 5.74) is -0.653. The van der Waals surface area contributed by atoms with Crippen molar-refractivity contribution in [3.05, 3.63) is 29.6 Å². The fraction of sp³-hybridized carbons (Fsp3) is 0.375. The molecule has 0 aliphatic carbocycles. The average molecular weight is 177 g/mol. The Hall–Kier alpha value is -1.06. The highest BCUT2D eigenvalue weighted by Crippen LogP contribution is 2.30. The molecule has 0 atom stereocenters. The van der Waals surface area contributed by atoms with E-state index in [1.54, 1.807) is 0 Å². The highest BCUT2D eigenvalue weighted by molar-refractivity contribution is 5.21. The summed E-state index contributed by atoms with van der Waals surface area (Å²) in [6.45, 7) is 1.34. The van der Waals surface area contributed by atoms with Crippen LogP contribution in [0.25, 0.3) is 0 Å². The van der Waals surface area contributed by atoms with Gasteiger partial charge >= 0.3 is 6.18 Å². The van der Waals surface area contributed by atoms with E-state index in [0.717, 1.165) is 6.07 Å². The first-order chi connectivity index (χ1) is 5.02. The number of aromatic nitrogens is 1. The summed E-state index contributed by atoms with van der Waals surface area (Å²) in [5.74, 6) is 0. The third kappa shape index (κ3) is 2.22. The van der Waals surface area contributed by atoms with Crippen molar-refractivity contribution in [2.45, 2.75) is 20.5 Å². The van der Waals surface area contributed by atoms with Crippen molar-refractivity contribution < 1.29 is 13.2 Å². The summed E-state index contributed by atoms with van der Waals surface area (Å²) >= 11 is 0. The van der Waals surface area contributed by atoms with Gasteiger partial charge in [-0.25, -0.2) is 0 Å². The zero-order valence-electron chi connectivity index (χ0n) is 5.81. The molecule has 1 rings (SSSR count). The highest BCUT2D eigenvalue weighted by atomic mass is 19.4. The minimum absolute atomic E-state index is 0. The van der Waals surface area contributed by atoms with Crippen LogP contribution < -0.4 is 0 Å². The molecular formula is C8H10F3N. The van der Waals surface area contributed by atoms with Gasteiger partial charge in [-0.2, -0.15) is 13.2 Å². The van der Waals surface area contributed by atoms with Crippen molar-refractivity contribution in [2.24, 2.45) is 0 Å². The van der Waals surface area contributed by atoms with E-state index in [4.69, 9.17) is 0 Å². The molecule has 0 unspecified atom stereocenters. The Balaban J connectivity index is 0.00000121. The average Bonchev–Trinajstić information content (AvgIpc) is 1.86. The topological polar surface area (TPSA) is 12.9 Å². The normalized spacial score (nSPS) is 10.7. The smallest absolute Gasteiger partial charge is 0.261 e. The summed E-state index contributed by atoms with van der Waals surface area (Å²) in [5, 5.41) is 0. The number of pyridine rings is 1. The second-order valence-corrected chi connectivity index (χ2v) is 2.13. The lowest BCUT2D eigenvalue weighted by Gasteiger charge is -2.07. The molecule has 1 nitrogen and oxygen atoms in total. The molecule has 4 heteroatoms. The molecule has 0 amide bonds. The van der Waals surface area contributed by atoms with Crippen LogP contribution in [-0.2, 0) is 6.18 Å². The van der Waals surface area contributed by atoms with Gasteiger partial charge in [0.2, 0.25) is 0 Å². The zero-order valence-corrected chi connectivity index (χ0v) is 5.81. The molecule has 0 aliphatic rings. The summed E-state index contributed by atoms with van der Waals surface area (Å²) in [6, 6.07) is 2.29. The molecule has 0 bridgehead atoms. The van der Waals surface area contributed by atoms with Crippen LogP contribution in [0.4, 0.5) is 13.2 Å². The summed E-state index contributed by atoms with van der Waals surface area (Å²) in [6.07, 6.45) is -2.94. The Morgan fingerprint density at radius 2 is 1.92 bits per heavy atom. The first-order valence-corrected chi connectivity index (χ1v) is 3.00. The number of hydrogen-bond donors (Lipinski definition) is 0. The van der Waals surface area contributed by atoms with Crippen molar-refractivity contribution in [3.63, 3.8) is 0 Å². The predicted molar refractivity (Wildman–Crippen MR) is 40.7 cm³/mol. The number of alkyl halides is 3. The molecule has 1 heterocycles. The van der Waals surface area contributed by atoms with Crippen LogP contribution in [-0.4, -0.2) is 4.98 Å². The first kappa shape index (κ1) is 10.9. The van der Waals surface area contributed by atoms with Gasteiger partial charge < -0.3 is 0 Å². The van der Waals surface area contributed by atoms with Gasteiger partial charge in [-0.1, -0.05) is 7.43 Å². The molecule has 0 radical (unpaired) electrons. The fourth-order valence-corrected chi connectivity index (χ4v) is 0.784. The van der Waals surface area contributed by atoms with E-state index in [1.165, 1.54) is 19.2 Å². The van der Waals surface area contributed by atoms with E-state index < -0.39 is 11.7 Å². The molecule has 1 aromatic rings. The van der Waals surface area contributed by atoms with Gasteiger partial charge in [-0.05, 0) is 19.1 Å². The second-order valence-electron chi connectivity index (χ2n) is 2.13. The van der Waals surface area contributed by atoms with Gasteiger partial charge in [-0.3, -0.25) is 4.98 Å². The Morgan fingerprint density at radius 1 is 1.33 bits per heavy atom. The molecule has 0 aromatic carbocycles. The lowest BCUT2D eigenvalue weighted by molar-refractivity contribution is -0.138. The van der Waals surface area contributed by atoms with Gasteiger partial charge in [0.1, 0.15) is 0 Å². The Kier molecular flexibility index (Phi) is 3.24. The summed E-state index contributed by atoms with van der Waals surface area (Å²) in [7, 11) is 0. The molecule has 0 spiro atoms. The number of rotatable bonds is 0. The van der Waals surface area contributed by atoms with Crippen molar-refractivity contribution in [3.8, 4) is 0 Å². The molecule has 0 aliphatic heterocycles. The van der Waals surface area contributed by atoms with Crippen LogP contribution in [0.15, 0.2) is 18.3 Å². The minimum atomic E-state index is -4.28. The van der Waals surface area contributed by atoms with Gasteiger partial charge in [0.15, 0.2) is 0 Å². The van der Waals surface area contributed by atoms with Crippen LogP contribution in [0.3, 0.4) is 0 Å². The van der Waals surface area contributed by atoms with Gasteiger partial charge in [-0.15, -0.1) is 0 Å². The monoisotopic (exact) mass is 177 g/mol. The van der Waals surface area contributed by atoms with Crippen LogP contribution in [0.1, 0.15) is 18.7 Å². The van der Waals surface area contributed by atoms with E-state index in [0.29, 0.717) is 0 Å². The Morgan fingerprint density at radius 3 is 2.25 bits per heavy atom. The van der Waals surface area contributed by atoms with Gasteiger partial charge in [0.05, 0.1) is 5.56 Å². The SMILES string of the molecule is C.Cc1ncccc1C(F)(F)F. The van der Waals surface area contributed by atoms with Crippen molar-refractivity contribution in [2.75, 3.05) is 0 Å². The standard InChI is InChI=1S/C7H6F3N.CH4/c1-5-6(7(8,9)10)3-2-4-11-5;/h2-4H,1H3;1H4. The summed E-state index contributed by atoms with van der Waals surface area (Å²) in [4.78, 5) is 3.53. The fourth-order valence-electron chi connectivity index (χ4n) is 0.784. The third-order valence-electron chi connectivity index (χ3n) is 1.31. The number of aryl methyl sites for hydroxylation is 1. The predicted octanol–water partition coefficient (Wildman–Crippen LogP) is 3.04.